The van der Waals surface area contributed by atoms with Crippen LogP contribution >= 0.6 is 23.1 Å². The van der Waals surface area contributed by atoms with Crippen LogP contribution in [0.15, 0.2) is 28.6 Å². The van der Waals surface area contributed by atoms with Crippen molar-refractivity contribution in [2.45, 2.75) is 30.4 Å². The first kappa shape index (κ1) is 18.2. The Balaban J connectivity index is 1.89. The summed E-state index contributed by atoms with van der Waals surface area (Å²) in [6.45, 7) is 5.99. The molecule has 2 aromatic rings. The van der Waals surface area contributed by atoms with Gasteiger partial charge in [-0.3, -0.25) is 10.1 Å². The molecule has 0 fully saturated rings. The van der Waals surface area contributed by atoms with Crippen molar-refractivity contribution in [2.24, 2.45) is 0 Å². The van der Waals surface area contributed by atoms with E-state index in [9.17, 15) is 9.59 Å². The highest BCUT2D eigenvalue weighted by Gasteiger charge is 2.19. The summed E-state index contributed by atoms with van der Waals surface area (Å²) in [6.07, 6.45) is 0. The van der Waals surface area contributed by atoms with Crippen LogP contribution in [0.1, 0.15) is 19.4 Å². The highest BCUT2D eigenvalue weighted by atomic mass is 32.2. The topological polar surface area (TPSA) is 96.0 Å². The van der Waals surface area contributed by atoms with Gasteiger partial charge in [-0.15, -0.1) is 10.2 Å². The molecule has 128 valence electrons. The number of imide groups is 1. The molecule has 1 heterocycles. The number of thioether (sulfide) groups is 1. The Morgan fingerprint density at radius 2 is 1.96 bits per heavy atom. The first-order valence-electron chi connectivity index (χ1n) is 7.40. The maximum atomic E-state index is 11.9. The van der Waals surface area contributed by atoms with Crippen molar-refractivity contribution < 1.29 is 9.59 Å². The quantitative estimate of drug-likeness (QED) is 0.681. The number of aryl methyl sites for hydroxylation is 1. The molecule has 3 amide bonds. The first-order valence-corrected chi connectivity index (χ1v) is 9.10. The van der Waals surface area contributed by atoms with Crippen LogP contribution in [0, 0.1) is 6.92 Å². The second-order valence-electron chi connectivity index (χ2n) is 4.97. The molecule has 2 rings (SSSR count). The molecule has 0 bridgehead atoms. The van der Waals surface area contributed by atoms with E-state index in [0.29, 0.717) is 16.0 Å². The molecule has 0 spiro atoms. The molecule has 7 nitrogen and oxygen atoms in total. The Kier molecular flexibility index (Phi) is 6.56. The van der Waals surface area contributed by atoms with E-state index in [2.05, 4.69) is 26.1 Å². The molecular formula is C15H19N5O2S2. The van der Waals surface area contributed by atoms with E-state index in [4.69, 9.17) is 0 Å². The van der Waals surface area contributed by atoms with Gasteiger partial charge in [-0.1, -0.05) is 40.8 Å². The Bertz CT molecular complexity index is 702. The number of aromatic nitrogens is 2. The van der Waals surface area contributed by atoms with E-state index in [1.165, 1.54) is 28.7 Å². The number of hydrogen-bond donors (Lipinski definition) is 3. The number of urea groups is 1. The number of nitrogens with zero attached hydrogens (tertiary/aromatic N) is 2. The minimum atomic E-state index is -0.492. The van der Waals surface area contributed by atoms with Gasteiger partial charge >= 0.3 is 6.03 Å². The van der Waals surface area contributed by atoms with Crippen LogP contribution in [0.25, 0.3) is 0 Å². The maximum Gasteiger partial charge on any atom is 0.321 e. The Morgan fingerprint density at radius 1 is 1.25 bits per heavy atom. The third kappa shape index (κ3) is 5.50. The number of carbonyl (C=O) groups excluding carboxylic acids is 2. The Morgan fingerprint density at radius 3 is 2.62 bits per heavy atom. The SMILES string of the molecule is CCNC(=O)NC(=O)[C@@H](C)Sc1nnc(Nc2ccc(C)cc2)s1. The highest BCUT2D eigenvalue weighted by Crippen LogP contribution is 2.30. The van der Waals surface area contributed by atoms with E-state index in [1.807, 2.05) is 31.2 Å². The third-order valence-corrected chi connectivity index (χ3v) is 4.95. The number of nitrogens with one attached hydrogen (secondary N) is 3. The summed E-state index contributed by atoms with van der Waals surface area (Å²) in [5, 5.41) is 16.3. The smallest absolute Gasteiger partial charge is 0.321 e. The maximum absolute atomic E-state index is 11.9. The van der Waals surface area contributed by atoms with Crippen molar-refractivity contribution in [2.75, 3.05) is 11.9 Å². The molecule has 0 unspecified atom stereocenters. The van der Waals surface area contributed by atoms with Gasteiger partial charge in [0.15, 0.2) is 4.34 Å². The number of amides is 3. The molecule has 0 aliphatic carbocycles. The van der Waals surface area contributed by atoms with Gasteiger partial charge in [0, 0.05) is 12.2 Å². The van der Waals surface area contributed by atoms with E-state index in [0.717, 1.165) is 5.69 Å². The van der Waals surface area contributed by atoms with Crippen molar-refractivity contribution >= 4 is 45.9 Å². The van der Waals surface area contributed by atoms with Gasteiger partial charge in [0.25, 0.3) is 0 Å². The fourth-order valence-electron chi connectivity index (χ4n) is 1.69. The molecule has 1 aromatic heterocycles. The fourth-order valence-corrected chi connectivity index (χ4v) is 3.61. The molecule has 0 aliphatic rings. The first-order chi connectivity index (χ1) is 11.5. The largest absolute Gasteiger partial charge is 0.338 e. The van der Waals surface area contributed by atoms with Crippen LogP contribution in [-0.2, 0) is 4.79 Å². The van der Waals surface area contributed by atoms with Gasteiger partial charge in [-0.2, -0.15) is 0 Å². The highest BCUT2D eigenvalue weighted by molar-refractivity contribution is 8.02. The molecule has 0 saturated heterocycles. The molecule has 1 aromatic carbocycles. The molecule has 0 radical (unpaired) electrons. The standard InChI is InChI=1S/C15H19N5O2S2/c1-4-16-13(22)18-12(21)10(3)23-15-20-19-14(24-15)17-11-7-5-9(2)6-8-11/h5-8,10H,4H2,1-3H3,(H,17,19)(H2,16,18,21,22)/t10-/m1/s1. The lowest BCUT2D eigenvalue weighted by Crippen LogP contribution is -2.42. The zero-order chi connectivity index (χ0) is 17.5. The molecule has 0 aliphatic heterocycles. The minimum Gasteiger partial charge on any atom is -0.338 e. The average Bonchev–Trinajstić information content (AvgIpc) is 2.96. The summed E-state index contributed by atoms with van der Waals surface area (Å²) < 4.78 is 0.656. The van der Waals surface area contributed by atoms with Crippen molar-refractivity contribution in [3.63, 3.8) is 0 Å². The van der Waals surface area contributed by atoms with Gasteiger partial charge in [0.1, 0.15) is 0 Å². The normalized spacial score (nSPS) is 11.6. The summed E-state index contributed by atoms with van der Waals surface area (Å²) in [7, 11) is 0. The van der Waals surface area contributed by atoms with Gasteiger partial charge in [-0.05, 0) is 32.9 Å². The molecule has 3 N–H and O–H groups in total. The average molecular weight is 365 g/mol. The molecule has 0 saturated carbocycles. The second kappa shape index (κ2) is 8.65. The van der Waals surface area contributed by atoms with Crippen molar-refractivity contribution in [1.82, 2.24) is 20.8 Å². The lowest BCUT2D eigenvalue weighted by molar-refractivity contribution is -0.119. The van der Waals surface area contributed by atoms with Crippen LogP contribution in [-0.4, -0.2) is 33.9 Å². The summed E-state index contributed by atoms with van der Waals surface area (Å²) in [6, 6.07) is 7.45. The number of anilines is 2. The monoisotopic (exact) mass is 365 g/mol. The lowest BCUT2D eigenvalue weighted by Gasteiger charge is -2.09. The predicted octanol–water partition coefficient (Wildman–Crippen LogP) is 2.92. The van der Waals surface area contributed by atoms with E-state index in [1.54, 1.807) is 13.8 Å². The zero-order valence-electron chi connectivity index (χ0n) is 13.6. The van der Waals surface area contributed by atoms with Crippen molar-refractivity contribution in [1.29, 1.82) is 0 Å². The Labute approximate surface area is 148 Å². The predicted molar refractivity (Wildman–Crippen MR) is 96.9 cm³/mol. The number of benzene rings is 1. The van der Waals surface area contributed by atoms with E-state index in [-0.39, 0.29) is 5.91 Å². The van der Waals surface area contributed by atoms with Crippen molar-refractivity contribution in [3.05, 3.63) is 29.8 Å². The van der Waals surface area contributed by atoms with Gasteiger partial charge in [0.05, 0.1) is 5.25 Å². The summed E-state index contributed by atoms with van der Waals surface area (Å²) >= 11 is 2.61. The molecule has 24 heavy (non-hydrogen) atoms. The van der Waals surface area contributed by atoms with Gasteiger partial charge in [0.2, 0.25) is 11.0 Å². The fraction of sp³-hybridized carbons (Fsp3) is 0.333. The summed E-state index contributed by atoms with van der Waals surface area (Å²) in [4.78, 5) is 23.3. The van der Waals surface area contributed by atoms with Crippen LogP contribution in [0.3, 0.4) is 0 Å². The second-order valence-corrected chi connectivity index (χ2v) is 7.54. The van der Waals surface area contributed by atoms with Crippen LogP contribution < -0.4 is 16.0 Å². The number of rotatable bonds is 6. The number of hydrogen-bond acceptors (Lipinski definition) is 7. The Hall–Kier alpha value is -2.13. The van der Waals surface area contributed by atoms with Crippen LogP contribution in [0.2, 0.25) is 0 Å². The molecular weight excluding hydrogens is 346 g/mol. The number of carbonyl (C=O) groups is 2. The lowest BCUT2D eigenvalue weighted by atomic mass is 10.2. The molecule has 1 atom stereocenters. The minimum absolute atomic E-state index is 0.366. The van der Waals surface area contributed by atoms with Crippen molar-refractivity contribution in [3.8, 4) is 0 Å². The summed E-state index contributed by atoms with van der Waals surface area (Å²) in [5.41, 5.74) is 2.11. The van der Waals surface area contributed by atoms with Gasteiger partial charge in [-0.25, -0.2) is 4.79 Å². The van der Waals surface area contributed by atoms with Gasteiger partial charge < -0.3 is 10.6 Å². The van der Waals surface area contributed by atoms with E-state index >= 15 is 0 Å². The summed E-state index contributed by atoms with van der Waals surface area (Å²) in [5.74, 6) is -0.366. The van der Waals surface area contributed by atoms with Crippen LogP contribution in [0.4, 0.5) is 15.6 Å². The van der Waals surface area contributed by atoms with E-state index < -0.39 is 11.3 Å². The molecule has 9 heteroatoms. The van der Waals surface area contributed by atoms with Crippen LogP contribution in [0.5, 0.6) is 0 Å². The third-order valence-electron chi connectivity index (χ3n) is 2.93. The zero-order valence-corrected chi connectivity index (χ0v) is 15.3.